The van der Waals surface area contributed by atoms with E-state index in [1.807, 2.05) is 4.90 Å². The van der Waals surface area contributed by atoms with Crippen LogP contribution in [0.5, 0.6) is 0 Å². The highest BCUT2D eigenvalue weighted by molar-refractivity contribution is 5.86. The van der Waals surface area contributed by atoms with Crippen molar-refractivity contribution in [2.75, 3.05) is 32.8 Å². The number of carbonyl (C=O) groups is 2. The van der Waals surface area contributed by atoms with Gasteiger partial charge in [0.1, 0.15) is 0 Å². The van der Waals surface area contributed by atoms with Gasteiger partial charge in [-0.2, -0.15) is 0 Å². The van der Waals surface area contributed by atoms with Gasteiger partial charge in [-0.3, -0.25) is 14.5 Å². The molecule has 0 aromatic rings. The smallest absolute Gasteiger partial charge is 0.305 e. The minimum absolute atomic E-state index is 0.126. The van der Waals surface area contributed by atoms with E-state index in [1.165, 1.54) is 0 Å². The van der Waals surface area contributed by atoms with Crippen molar-refractivity contribution in [2.45, 2.75) is 25.3 Å². The highest BCUT2D eigenvalue weighted by Crippen LogP contribution is 2.18. The van der Waals surface area contributed by atoms with Crippen LogP contribution in [0.3, 0.4) is 0 Å². The number of hydrogen-bond donors (Lipinski definition) is 2. The molecule has 0 spiro atoms. The van der Waals surface area contributed by atoms with Crippen molar-refractivity contribution in [1.29, 1.82) is 0 Å². The Labute approximate surface area is 106 Å². The first kappa shape index (κ1) is 13.3. The summed E-state index contributed by atoms with van der Waals surface area (Å²) in [6.07, 6.45) is 2.02. The van der Waals surface area contributed by atoms with E-state index < -0.39 is 12.0 Å². The molecule has 0 saturated carbocycles. The average molecular weight is 256 g/mol. The van der Waals surface area contributed by atoms with Gasteiger partial charge < -0.3 is 15.2 Å². The topological polar surface area (TPSA) is 78.9 Å². The molecule has 2 unspecified atom stereocenters. The fraction of sp³-hybridized carbons (Fsp3) is 0.833. The van der Waals surface area contributed by atoms with Crippen molar-refractivity contribution in [3.63, 3.8) is 0 Å². The van der Waals surface area contributed by atoms with Gasteiger partial charge >= 0.3 is 5.97 Å². The maximum Gasteiger partial charge on any atom is 0.305 e. The van der Waals surface area contributed by atoms with Gasteiger partial charge in [-0.05, 0) is 18.8 Å². The van der Waals surface area contributed by atoms with Crippen molar-refractivity contribution in [3.05, 3.63) is 0 Å². The molecule has 6 heteroatoms. The first-order valence-corrected chi connectivity index (χ1v) is 6.48. The van der Waals surface area contributed by atoms with Gasteiger partial charge in [-0.15, -0.1) is 0 Å². The molecule has 1 amide bonds. The SMILES string of the molecule is O=C(O)CC1C(=O)NCCN1CC1CCCOC1. The third kappa shape index (κ3) is 3.43. The monoisotopic (exact) mass is 256 g/mol. The minimum Gasteiger partial charge on any atom is -0.481 e. The fourth-order valence-corrected chi connectivity index (χ4v) is 2.65. The number of carboxylic acid groups (broad SMARTS) is 1. The molecule has 0 bridgehead atoms. The molecular weight excluding hydrogens is 236 g/mol. The van der Waals surface area contributed by atoms with Gasteiger partial charge in [0.05, 0.1) is 19.1 Å². The summed E-state index contributed by atoms with van der Waals surface area (Å²) in [5, 5.41) is 11.6. The Morgan fingerprint density at radius 3 is 3.06 bits per heavy atom. The molecule has 2 atom stereocenters. The molecule has 0 aromatic heterocycles. The van der Waals surface area contributed by atoms with E-state index >= 15 is 0 Å². The van der Waals surface area contributed by atoms with Crippen LogP contribution in [0.4, 0.5) is 0 Å². The first-order chi connectivity index (χ1) is 8.66. The van der Waals surface area contributed by atoms with Crippen molar-refractivity contribution in [2.24, 2.45) is 5.92 Å². The second kappa shape index (κ2) is 6.15. The molecule has 2 aliphatic heterocycles. The highest BCUT2D eigenvalue weighted by atomic mass is 16.5. The summed E-state index contributed by atoms with van der Waals surface area (Å²) in [5.41, 5.74) is 0. The summed E-state index contributed by atoms with van der Waals surface area (Å²) in [4.78, 5) is 24.5. The maximum absolute atomic E-state index is 11.7. The summed E-state index contributed by atoms with van der Waals surface area (Å²) in [6, 6.07) is -0.529. The van der Waals surface area contributed by atoms with Crippen LogP contribution in [0.25, 0.3) is 0 Å². The third-order valence-electron chi connectivity index (χ3n) is 3.56. The zero-order valence-corrected chi connectivity index (χ0v) is 10.4. The normalized spacial score (nSPS) is 29.9. The molecule has 18 heavy (non-hydrogen) atoms. The number of carbonyl (C=O) groups excluding carboxylic acids is 1. The van der Waals surface area contributed by atoms with E-state index in [0.717, 1.165) is 39.1 Å². The van der Waals surface area contributed by atoms with Crippen LogP contribution >= 0.6 is 0 Å². The number of hydrogen-bond acceptors (Lipinski definition) is 4. The number of rotatable bonds is 4. The molecular formula is C12H20N2O4. The lowest BCUT2D eigenvalue weighted by atomic mass is 9.99. The molecule has 2 fully saturated rings. The van der Waals surface area contributed by atoms with E-state index in [4.69, 9.17) is 9.84 Å². The number of carboxylic acids is 1. The van der Waals surface area contributed by atoms with Crippen LogP contribution in [0, 0.1) is 5.92 Å². The molecule has 2 heterocycles. The second-order valence-corrected chi connectivity index (χ2v) is 4.98. The number of nitrogens with zero attached hydrogens (tertiary/aromatic N) is 1. The average Bonchev–Trinajstić information content (AvgIpc) is 2.34. The number of amides is 1. The largest absolute Gasteiger partial charge is 0.481 e. The summed E-state index contributed by atoms with van der Waals surface area (Å²) in [7, 11) is 0. The van der Waals surface area contributed by atoms with Crippen molar-refractivity contribution in [1.82, 2.24) is 10.2 Å². The number of piperazine rings is 1. The van der Waals surface area contributed by atoms with E-state index in [1.54, 1.807) is 0 Å². The zero-order valence-electron chi connectivity index (χ0n) is 10.4. The van der Waals surface area contributed by atoms with E-state index in [9.17, 15) is 9.59 Å². The Hall–Kier alpha value is -1.14. The van der Waals surface area contributed by atoms with Crippen LogP contribution in [0.15, 0.2) is 0 Å². The van der Waals surface area contributed by atoms with Crippen molar-refractivity contribution in [3.8, 4) is 0 Å². The Morgan fingerprint density at radius 1 is 1.56 bits per heavy atom. The van der Waals surface area contributed by atoms with E-state index in [0.29, 0.717) is 12.5 Å². The standard InChI is InChI=1S/C12H20N2O4/c15-11(16)6-10-12(17)13-3-4-14(10)7-9-2-1-5-18-8-9/h9-10H,1-8H2,(H,13,17)(H,15,16). The van der Waals surface area contributed by atoms with Gasteiger partial charge in [0, 0.05) is 26.2 Å². The Balaban J connectivity index is 1.93. The predicted molar refractivity (Wildman–Crippen MR) is 64.2 cm³/mol. The van der Waals surface area contributed by atoms with Crippen LogP contribution in [-0.2, 0) is 14.3 Å². The Kier molecular flexibility index (Phi) is 4.54. The minimum atomic E-state index is -0.929. The molecule has 102 valence electrons. The molecule has 2 aliphatic rings. The van der Waals surface area contributed by atoms with Gasteiger partial charge in [0.15, 0.2) is 0 Å². The molecule has 2 rings (SSSR count). The quantitative estimate of drug-likeness (QED) is 0.721. The highest BCUT2D eigenvalue weighted by Gasteiger charge is 2.33. The number of nitrogens with one attached hydrogen (secondary N) is 1. The predicted octanol–water partition coefficient (Wildman–Crippen LogP) is -0.312. The maximum atomic E-state index is 11.7. The molecule has 2 saturated heterocycles. The van der Waals surface area contributed by atoms with Gasteiger partial charge in [-0.1, -0.05) is 0 Å². The Morgan fingerprint density at radius 2 is 2.39 bits per heavy atom. The van der Waals surface area contributed by atoms with Crippen LogP contribution < -0.4 is 5.32 Å². The van der Waals surface area contributed by atoms with Crippen LogP contribution in [0.2, 0.25) is 0 Å². The van der Waals surface area contributed by atoms with Gasteiger partial charge in [0.25, 0.3) is 0 Å². The summed E-state index contributed by atoms with van der Waals surface area (Å²) < 4.78 is 5.42. The van der Waals surface area contributed by atoms with E-state index in [2.05, 4.69) is 5.32 Å². The molecule has 0 aliphatic carbocycles. The molecule has 6 nitrogen and oxygen atoms in total. The van der Waals surface area contributed by atoms with Gasteiger partial charge in [-0.25, -0.2) is 0 Å². The third-order valence-corrected chi connectivity index (χ3v) is 3.56. The van der Waals surface area contributed by atoms with Crippen LogP contribution in [0.1, 0.15) is 19.3 Å². The summed E-state index contributed by atoms with van der Waals surface area (Å²) >= 11 is 0. The molecule has 2 N–H and O–H groups in total. The van der Waals surface area contributed by atoms with Crippen molar-refractivity contribution < 1.29 is 19.4 Å². The summed E-state index contributed by atoms with van der Waals surface area (Å²) in [6.45, 7) is 3.61. The van der Waals surface area contributed by atoms with Crippen molar-refractivity contribution >= 4 is 11.9 Å². The first-order valence-electron chi connectivity index (χ1n) is 6.48. The lowest BCUT2D eigenvalue weighted by molar-refractivity contribution is -0.143. The second-order valence-electron chi connectivity index (χ2n) is 4.98. The molecule has 0 aromatic carbocycles. The lowest BCUT2D eigenvalue weighted by Crippen LogP contribution is -2.57. The number of ether oxygens (including phenoxy) is 1. The number of aliphatic carboxylic acids is 1. The van der Waals surface area contributed by atoms with Crippen LogP contribution in [-0.4, -0.2) is 60.8 Å². The summed E-state index contributed by atoms with van der Waals surface area (Å²) in [5.74, 6) is -0.678. The van der Waals surface area contributed by atoms with E-state index in [-0.39, 0.29) is 12.3 Å². The lowest BCUT2D eigenvalue weighted by Gasteiger charge is -2.37. The zero-order chi connectivity index (χ0) is 13.0. The Bertz CT molecular complexity index is 315. The van der Waals surface area contributed by atoms with Gasteiger partial charge in [0.2, 0.25) is 5.91 Å². The molecule has 0 radical (unpaired) electrons. The fourth-order valence-electron chi connectivity index (χ4n) is 2.65.